The summed E-state index contributed by atoms with van der Waals surface area (Å²) in [6, 6.07) is 5.52. The predicted octanol–water partition coefficient (Wildman–Crippen LogP) is 2.72. The zero-order valence-electron chi connectivity index (χ0n) is 16.8. The number of aromatic nitrogens is 2. The molecule has 2 aromatic rings. The van der Waals surface area contributed by atoms with Gasteiger partial charge in [-0.25, -0.2) is 9.97 Å². The summed E-state index contributed by atoms with van der Waals surface area (Å²) in [4.78, 5) is 37.7. The molecule has 0 radical (unpaired) electrons. The third-order valence-corrected chi connectivity index (χ3v) is 5.60. The number of rotatable bonds is 4. The second-order valence-corrected chi connectivity index (χ2v) is 7.73. The number of nitrogens with one attached hydrogen (secondary N) is 1. The lowest BCUT2D eigenvalue weighted by atomic mass is 9.95. The molecule has 8 nitrogen and oxygen atoms in total. The normalized spacial score (nSPS) is 18.0. The monoisotopic (exact) mass is 397 g/mol. The summed E-state index contributed by atoms with van der Waals surface area (Å²) in [5, 5.41) is 3.47. The number of amides is 2. The van der Waals surface area contributed by atoms with Gasteiger partial charge in [0.2, 0.25) is 0 Å². The maximum atomic E-state index is 13.0. The van der Waals surface area contributed by atoms with E-state index in [-0.39, 0.29) is 11.8 Å². The molecule has 4 rings (SSSR count). The van der Waals surface area contributed by atoms with Gasteiger partial charge in [-0.1, -0.05) is 19.3 Å². The number of nitrogens with zero attached hydrogens (tertiary/aromatic N) is 4. The van der Waals surface area contributed by atoms with Gasteiger partial charge in [0, 0.05) is 38.3 Å². The van der Waals surface area contributed by atoms with Crippen molar-refractivity contribution in [2.45, 2.75) is 45.1 Å². The van der Waals surface area contributed by atoms with E-state index in [9.17, 15) is 9.59 Å². The number of aryl methyl sites for hydroxylation is 1. The van der Waals surface area contributed by atoms with Crippen molar-refractivity contribution in [1.82, 2.24) is 19.8 Å². The van der Waals surface area contributed by atoms with E-state index >= 15 is 0 Å². The quantitative estimate of drug-likeness (QED) is 0.853. The number of furan rings is 1. The van der Waals surface area contributed by atoms with Crippen LogP contribution < -0.4 is 5.32 Å². The molecule has 2 fully saturated rings. The van der Waals surface area contributed by atoms with E-state index < -0.39 is 0 Å². The third kappa shape index (κ3) is 4.58. The Hall–Kier alpha value is -2.90. The van der Waals surface area contributed by atoms with E-state index in [1.165, 1.54) is 25.5 Å². The van der Waals surface area contributed by atoms with Gasteiger partial charge < -0.3 is 19.5 Å². The molecule has 0 spiro atoms. The van der Waals surface area contributed by atoms with E-state index in [0.29, 0.717) is 49.5 Å². The summed E-state index contributed by atoms with van der Waals surface area (Å²) in [5.41, 5.74) is 0.404. The minimum Gasteiger partial charge on any atom is -0.459 e. The molecule has 2 aliphatic rings. The molecule has 1 N–H and O–H groups in total. The first-order valence-corrected chi connectivity index (χ1v) is 10.3. The molecule has 0 unspecified atom stereocenters. The van der Waals surface area contributed by atoms with E-state index in [4.69, 9.17) is 4.42 Å². The van der Waals surface area contributed by atoms with Gasteiger partial charge in [0.25, 0.3) is 11.8 Å². The lowest BCUT2D eigenvalue weighted by Gasteiger charge is -2.34. The van der Waals surface area contributed by atoms with Crippen LogP contribution in [0.3, 0.4) is 0 Å². The summed E-state index contributed by atoms with van der Waals surface area (Å²) in [6.45, 7) is 3.70. The molecule has 154 valence electrons. The van der Waals surface area contributed by atoms with Gasteiger partial charge >= 0.3 is 0 Å². The summed E-state index contributed by atoms with van der Waals surface area (Å²) in [7, 11) is 0. The minimum absolute atomic E-state index is 0.118. The molecular formula is C21H27N5O3. The topological polar surface area (TPSA) is 91.6 Å². The minimum atomic E-state index is -0.140. The number of carbonyl (C=O) groups excluding carboxylic acids is 2. The highest BCUT2D eigenvalue weighted by atomic mass is 16.3. The summed E-state index contributed by atoms with van der Waals surface area (Å²) >= 11 is 0. The number of piperazine rings is 1. The number of anilines is 1. The van der Waals surface area contributed by atoms with Crippen molar-refractivity contribution in [3.8, 4) is 0 Å². The van der Waals surface area contributed by atoms with Gasteiger partial charge in [-0.2, -0.15) is 0 Å². The maximum absolute atomic E-state index is 13.0. The number of hydrogen-bond acceptors (Lipinski definition) is 6. The van der Waals surface area contributed by atoms with Crippen molar-refractivity contribution in [1.29, 1.82) is 0 Å². The molecule has 1 saturated heterocycles. The van der Waals surface area contributed by atoms with Crippen LogP contribution in [0.15, 0.2) is 28.9 Å². The Bertz CT molecular complexity index is 853. The number of carbonyl (C=O) groups is 2. The molecule has 1 aliphatic heterocycles. The smallest absolute Gasteiger partial charge is 0.289 e. The van der Waals surface area contributed by atoms with E-state index in [1.54, 1.807) is 28.0 Å². The highest BCUT2D eigenvalue weighted by Gasteiger charge is 2.27. The first-order chi connectivity index (χ1) is 14.1. The first kappa shape index (κ1) is 19.4. The van der Waals surface area contributed by atoms with Crippen molar-refractivity contribution in [3.63, 3.8) is 0 Å². The SMILES string of the molecule is Cc1nc(NC2CCCCC2)cc(C(=O)N2CCN(C(=O)c3ccco3)CC2)n1. The van der Waals surface area contributed by atoms with Crippen LogP contribution >= 0.6 is 0 Å². The predicted molar refractivity (Wildman–Crippen MR) is 108 cm³/mol. The highest BCUT2D eigenvalue weighted by Crippen LogP contribution is 2.21. The standard InChI is InChI=1S/C21H27N5O3/c1-15-22-17(14-19(23-15)24-16-6-3-2-4-7-16)20(27)25-9-11-26(12-10-25)21(28)18-8-5-13-29-18/h5,8,13-14,16H,2-4,6-7,9-12H2,1H3,(H,22,23,24). The van der Waals surface area contributed by atoms with Gasteiger partial charge in [0.1, 0.15) is 17.3 Å². The molecule has 1 aliphatic carbocycles. The molecule has 0 atom stereocenters. The van der Waals surface area contributed by atoms with Crippen LogP contribution in [0.4, 0.5) is 5.82 Å². The van der Waals surface area contributed by atoms with E-state index in [1.807, 2.05) is 6.92 Å². The molecule has 0 aromatic carbocycles. The van der Waals surface area contributed by atoms with Crippen molar-refractivity contribution in [3.05, 3.63) is 41.7 Å². The van der Waals surface area contributed by atoms with Crippen molar-refractivity contribution >= 4 is 17.6 Å². The largest absolute Gasteiger partial charge is 0.459 e. The van der Waals surface area contributed by atoms with Crippen molar-refractivity contribution in [2.24, 2.45) is 0 Å². The van der Waals surface area contributed by atoms with Crippen molar-refractivity contribution in [2.75, 3.05) is 31.5 Å². The molecule has 3 heterocycles. The molecule has 29 heavy (non-hydrogen) atoms. The average Bonchev–Trinajstić information content (AvgIpc) is 3.28. The van der Waals surface area contributed by atoms with Crippen LogP contribution in [0.2, 0.25) is 0 Å². The fraction of sp³-hybridized carbons (Fsp3) is 0.524. The molecule has 2 aromatic heterocycles. The fourth-order valence-corrected chi connectivity index (χ4v) is 4.04. The summed E-state index contributed by atoms with van der Waals surface area (Å²) < 4.78 is 5.19. The molecular weight excluding hydrogens is 370 g/mol. The second-order valence-electron chi connectivity index (χ2n) is 7.73. The fourth-order valence-electron chi connectivity index (χ4n) is 4.04. The Morgan fingerprint density at radius 2 is 1.72 bits per heavy atom. The zero-order valence-corrected chi connectivity index (χ0v) is 16.8. The first-order valence-electron chi connectivity index (χ1n) is 10.3. The second kappa shape index (κ2) is 8.63. The van der Waals surface area contributed by atoms with Gasteiger partial charge in [0.05, 0.1) is 6.26 Å². The average molecular weight is 397 g/mol. The highest BCUT2D eigenvalue weighted by molar-refractivity contribution is 5.94. The Kier molecular flexibility index (Phi) is 5.78. The molecule has 8 heteroatoms. The van der Waals surface area contributed by atoms with E-state index in [2.05, 4.69) is 15.3 Å². The van der Waals surface area contributed by atoms with Crippen LogP contribution in [0, 0.1) is 6.92 Å². The molecule has 1 saturated carbocycles. The Morgan fingerprint density at radius 1 is 1.03 bits per heavy atom. The van der Waals surface area contributed by atoms with Crippen molar-refractivity contribution < 1.29 is 14.0 Å². The van der Waals surface area contributed by atoms with Gasteiger partial charge in [-0.05, 0) is 31.9 Å². The van der Waals surface area contributed by atoms with Crippen LogP contribution in [-0.4, -0.2) is 63.8 Å². The summed E-state index contributed by atoms with van der Waals surface area (Å²) in [5.74, 6) is 1.38. The third-order valence-electron chi connectivity index (χ3n) is 5.60. The number of hydrogen-bond donors (Lipinski definition) is 1. The van der Waals surface area contributed by atoms with Crippen LogP contribution in [0.1, 0.15) is 59.0 Å². The van der Waals surface area contributed by atoms with Gasteiger partial charge in [-0.15, -0.1) is 0 Å². The summed E-state index contributed by atoms with van der Waals surface area (Å²) in [6.07, 6.45) is 7.52. The lowest BCUT2D eigenvalue weighted by Crippen LogP contribution is -2.50. The Labute approximate surface area is 170 Å². The van der Waals surface area contributed by atoms with Crippen LogP contribution in [0.25, 0.3) is 0 Å². The maximum Gasteiger partial charge on any atom is 0.289 e. The Balaban J connectivity index is 1.38. The molecule has 2 amide bonds. The van der Waals surface area contributed by atoms with Crippen LogP contribution in [0.5, 0.6) is 0 Å². The van der Waals surface area contributed by atoms with E-state index in [0.717, 1.165) is 18.7 Å². The van der Waals surface area contributed by atoms with Gasteiger partial charge in [-0.3, -0.25) is 9.59 Å². The zero-order chi connectivity index (χ0) is 20.2. The Morgan fingerprint density at radius 3 is 2.38 bits per heavy atom. The molecule has 0 bridgehead atoms. The van der Waals surface area contributed by atoms with Gasteiger partial charge in [0.15, 0.2) is 5.76 Å². The lowest BCUT2D eigenvalue weighted by molar-refractivity contribution is 0.0515. The van der Waals surface area contributed by atoms with Crippen LogP contribution in [-0.2, 0) is 0 Å².